The molecule has 102 valence electrons. The van der Waals surface area contributed by atoms with E-state index < -0.39 is 0 Å². The molecule has 2 aromatic rings. The van der Waals surface area contributed by atoms with Crippen molar-refractivity contribution in [3.8, 4) is 5.88 Å². The van der Waals surface area contributed by atoms with Crippen molar-refractivity contribution in [2.45, 2.75) is 39.2 Å². The molecule has 0 unspecified atom stereocenters. The van der Waals surface area contributed by atoms with Crippen LogP contribution in [0.25, 0.3) is 11.2 Å². The van der Waals surface area contributed by atoms with Crippen LogP contribution in [0.3, 0.4) is 0 Å². The minimum atomic E-state index is 0.398. The van der Waals surface area contributed by atoms with E-state index in [4.69, 9.17) is 10.5 Å². The van der Waals surface area contributed by atoms with Crippen LogP contribution in [0.1, 0.15) is 32.6 Å². The molecule has 0 spiro atoms. The van der Waals surface area contributed by atoms with E-state index in [-0.39, 0.29) is 0 Å². The van der Waals surface area contributed by atoms with E-state index in [1.165, 1.54) is 32.0 Å². The highest BCUT2D eigenvalue weighted by molar-refractivity contribution is 5.78. The second-order valence-electron chi connectivity index (χ2n) is 5.36. The number of imidazole rings is 1. The standard InChI is InChI=1S/C13H19N5O/c1-3-4-13(5-6-13)7-18-10-9(17-12(18)14)11(19-2)16-8-15-10/h8H,3-7H2,1-2H3,(H2,14,17). The van der Waals surface area contributed by atoms with Crippen LogP contribution in [0.2, 0.25) is 0 Å². The fourth-order valence-electron chi connectivity index (χ4n) is 2.77. The molecule has 1 fully saturated rings. The molecule has 0 bridgehead atoms. The number of fused-ring (bicyclic) bond motifs is 1. The van der Waals surface area contributed by atoms with Crippen LogP contribution in [0, 0.1) is 5.41 Å². The van der Waals surface area contributed by atoms with E-state index >= 15 is 0 Å². The smallest absolute Gasteiger partial charge is 0.245 e. The topological polar surface area (TPSA) is 78.9 Å². The summed E-state index contributed by atoms with van der Waals surface area (Å²) in [6.07, 6.45) is 6.46. The maximum absolute atomic E-state index is 6.04. The fourth-order valence-corrected chi connectivity index (χ4v) is 2.77. The summed E-state index contributed by atoms with van der Waals surface area (Å²) in [5.74, 6) is 0.979. The summed E-state index contributed by atoms with van der Waals surface area (Å²) < 4.78 is 7.21. The van der Waals surface area contributed by atoms with Gasteiger partial charge < -0.3 is 10.5 Å². The normalized spacial score (nSPS) is 16.7. The van der Waals surface area contributed by atoms with Crippen molar-refractivity contribution in [3.05, 3.63) is 6.33 Å². The third-order valence-electron chi connectivity index (χ3n) is 3.95. The minimum Gasteiger partial charge on any atom is -0.479 e. The van der Waals surface area contributed by atoms with Crippen LogP contribution in [0.15, 0.2) is 6.33 Å². The predicted octanol–water partition coefficient (Wildman–Crippen LogP) is 2.00. The molecular weight excluding hydrogens is 242 g/mol. The molecule has 0 atom stereocenters. The molecular formula is C13H19N5O. The first-order valence-corrected chi connectivity index (χ1v) is 6.70. The van der Waals surface area contributed by atoms with Crippen LogP contribution >= 0.6 is 0 Å². The molecule has 3 rings (SSSR count). The van der Waals surface area contributed by atoms with E-state index in [1.54, 1.807) is 7.11 Å². The molecule has 0 aromatic carbocycles. The van der Waals surface area contributed by atoms with Crippen molar-refractivity contribution < 1.29 is 4.74 Å². The van der Waals surface area contributed by atoms with Gasteiger partial charge >= 0.3 is 0 Å². The number of nitrogens with zero attached hydrogens (tertiary/aromatic N) is 4. The summed E-state index contributed by atoms with van der Waals surface area (Å²) >= 11 is 0. The third kappa shape index (κ3) is 2.01. The minimum absolute atomic E-state index is 0.398. The summed E-state index contributed by atoms with van der Waals surface area (Å²) in [7, 11) is 1.58. The molecule has 0 saturated heterocycles. The Hall–Kier alpha value is -1.85. The van der Waals surface area contributed by atoms with Gasteiger partial charge in [-0.3, -0.25) is 4.57 Å². The van der Waals surface area contributed by atoms with Crippen molar-refractivity contribution in [1.82, 2.24) is 19.5 Å². The number of anilines is 1. The number of ether oxygens (including phenoxy) is 1. The number of methoxy groups -OCH3 is 1. The van der Waals surface area contributed by atoms with E-state index in [0.29, 0.717) is 22.8 Å². The molecule has 1 aliphatic rings. The summed E-state index contributed by atoms with van der Waals surface area (Å²) in [6.45, 7) is 3.12. The molecule has 19 heavy (non-hydrogen) atoms. The van der Waals surface area contributed by atoms with Gasteiger partial charge in [-0.1, -0.05) is 13.3 Å². The van der Waals surface area contributed by atoms with Gasteiger partial charge in [-0.05, 0) is 24.7 Å². The number of nitrogens with two attached hydrogens (primary N) is 1. The Bertz CT molecular complexity index is 602. The van der Waals surface area contributed by atoms with E-state index in [2.05, 4.69) is 21.9 Å². The highest BCUT2D eigenvalue weighted by Gasteiger charge is 2.42. The van der Waals surface area contributed by atoms with Gasteiger partial charge in [0.1, 0.15) is 6.33 Å². The van der Waals surface area contributed by atoms with Gasteiger partial charge in [-0.15, -0.1) is 0 Å². The third-order valence-corrected chi connectivity index (χ3v) is 3.95. The highest BCUT2D eigenvalue weighted by atomic mass is 16.5. The Kier molecular flexibility index (Phi) is 2.80. The summed E-state index contributed by atoms with van der Waals surface area (Å²) in [6, 6.07) is 0. The molecule has 2 heterocycles. The summed E-state index contributed by atoms with van der Waals surface area (Å²) in [5.41, 5.74) is 7.85. The average Bonchev–Trinajstić information content (AvgIpc) is 3.09. The predicted molar refractivity (Wildman–Crippen MR) is 72.9 cm³/mol. The first-order valence-electron chi connectivity index (χ1n) is 6.70. The molecule has 6 nitrogen and oxygen atoms in total. The molecule has 0 amide bonds. The van der Waals surface area contributed by atoms with Gasteiger partial charge in [0.05, 0.1) is 7.11 Å². The van der Waals surface area contributed by atoms with Gasteiger partial charge in [0.2, 0.25) is 11.8 Å². The largest absolute Gasteiger partial charge is 0.479 e. The van der Waals surface area contributed by atoms with Crippen molar-refractivity contribution in [2.24, 2.45) is 5.41 Å². The molecule has 0 aliphatic heterocycles. The first kappa shape index (κ1) is 12.2. The number of rotatable bonds is 5. The lowest BCUT2D eigenvalue weighted by molar-refractivity contribution is 0.393. The second-order valence-corrected chi connectivity index (χ2v) is 5.36. The van der Waals surface area contributed by atoms with Crippen molar-refractivity contribution in [2.75, 3.05) is 12.8 Å². The van der Waals surface area contributed by atoms with Gasteiger partial charge in [-0.2, -0.15) is 4.98 Å². The Morgan fingerprint density at radius 1 is 1.42 bits per heavy atom. The zero-order valence-electron chi connectivity index (χ0n) is 11.4. The quantitative estimate of drug-likeness (QED) is 0.890. The highest BCUT2D eigenvalue weighted by Crippen LogP contribution is 2.51. The van der Waals surface area contributed by atoms with Crippen LogP contribution in [-0.4, -0.2) is 26.6 Å². The number of hydrogen-bond donors (Lipinski definition) is 1. The SMILES string of the molecule is CCCC1(Cn2c(N)nc3c(OC)ncnc32)CC1. The average molecular weight is 261 g/mol. The maximum Gasteiger partial charge on any atom is 0.245 e. The van der Waals surface area contributed by atoms with Crippen LogP contribution in [0.4, 0.5) is 5.95 Å². The molecule has 1 aliphatic carbocycles. The second kappa shape index (κ2) is 4.36. The summed E-state index contributed by atoms with van der Waals surface area (Å²) in [5, 5.41) is 0. The van der Waals surface area contributed by atoms with E-state index in [0.717, 1.165) is 12.2 Å². The molecule has 0 radical (unpaired) electrons. The van der Waals surface area contributed by atoms with Gasteiger partial charge in [0.15, 0.2) is 11.2 Å². The number of aromatic nitrogens is 4. The van der Waals surface area contributed by atoms with E-state index in [9.17, 15) is 0 Å². The molecule has 1 saturated carbocycles. The number of nitrogen functional groups attached to an aromatic ring is 1. The molecule has 2 aromatic heterocycles. The molecule has 6 heteroatoms. The Morgan fingerprint density at radius 2 is 2.21 bits per heavy atom. The first-order chi connectivity index (χ1) is 9.19. The van der Waals surface area contributed by atoms with Gasteiger partial charge in [0, 0.05) is 6.54 Å². The van der Waals surface area contributed by atoms with Gasteiger partial charge in [-0.25, -0.2) is 9.97 Å². The fraction of sp³-hybridized carbons (Fsp3) is 0.615. The zero-order valence-corrected chi connectivity index (χ0v) is 11.4. The number of hydrogen-bond acceptors (Lipinski definition) is 5. The van der Waals surface area contributed by atoms with Gasteiger partial charge in [0.25, 0.3) is 0 Å². The van der Waals surface area contributed by atoms with Crippen LogP contribution in [-0.2, 0) is 6.54 Å². The maximum atomic E-state index is 6.04. The van der Waals surface area contributed by atoms with Crippen molar-refractivity contribution >= 4 is 17.1 Å². The zero-order chi connectivity index (χ0) is 13.5. The van der Waals surface area contributed by atoms with Crippen molar-refractivity contribution in [3.63, 3.8) is 0 Å². The molecule has 2 N–H and O–H groups in total. The Morgan fingerprint density at radius 3 is 2.84 bits per heavy atom. The lowest BCUT2D eigenvalue weighted by Gasteiger charge is -2.15. The lowest BCUT2D eigenvalue weighted by Crippen LogP contribution is -2.14. The van der Waals surface area contributed by atoms with Crippen LogP contribution < -0.4 is 10.5 Å². The lowest BCUT2D eigenvalue weighted by atomic mass is 10.0. The Balaban J connectivity index is 2.02. The van der Waals surface area contributed by atoms with Crippen LogP contribution in [0.5, 0.6) is 5.88 Å². The monoisotopic (exact) mass is 261 g/mol. The van der Waals surface area contributed by atoms with E-state index in [1.807, 2.05) is 4.57 Å². The summed E-state index contributed by atoms with van der Waals surface area (Å²) in [4.78, 5) is 12.7. The van der Waals surface area contributed by atoms with Crippen molar-refractivity contribution in [1.29, 1.82) is 0 Å². The Labute approximate surface area is 112 Å².